The number of hydrogen-bond donors (Lipinski definition) is 0. The number of methoxy groups -OCH3 is 1. The van der Waals surface area contributed by atoms with E-state index in [1.165, 1.54) is 0 Å². The summed E-state index contributed by atoms with van der Waals surface area (Å²) in [6.07, 6.45) is 0.884. The Bertz CT molecular complexity index is 623. The van der Waals surface area contributed by atoms with Gasteiger partial charge in [-0.1, -0.05) is 36.7 Å². The van der Waals surface area contributed by atoms with Crippen LogP contribution in [0.15, 0.2) is 42.5 Å². The Morgan fingerprint density at radius 1 is 1.15 bits per heavy atom. The molecule has 0 amide bonds. The lowest BCUT2D eigenvalue weighted by Gasteiger charge is -2.11. The molecule has 0 aliphatic rings. The number of hydrogen-bond acceptors (Lipinski definition) is 3. The van der Waals surface area contributed by atoms with E-state index in [2.05, 4.69) is 0 Å². The van der Waals surface area contributed by atoms with Crippen molar-refractivity contribution in [3.63, 3.8) is 0 Å². The normalized spacial score (nSPS) is 10.2. The summed E-state index contributed by atoms with van der Waals surface area (Å²) >= 11 is 5.97. The summed E-state index contributed by atoms with van der Waals surface area (Å²) in [4.78, 5) is 12.1. The van der Waals surface area contributed by atoms with Crippen LogP contribution >= 0.6 is 11.6 Å². The van der Waals surface area contributed by atoms with Gasteiger partial charge in [0.1, 0.15) is 0 Å². The van der Waals surface area contributed by atoms with Gasteiger partial charge in [0.15, 0.2) is 11.5 Å². The molecule has 0 aliphatic carbocycles. The minimum Gasteiger partial charge on any atom is -0.493 e. The van der Waals surface area contributed by atoms with Gasteiger partial charge in [0.25, 0.3) is 0 Å². The molecule has 2 rings (SSSR count). The third-order valence-corrected chi connectivity index (χ3v) is 3.26. The van der Waals surface area contributed by atoms with E-state index in [1.807, 2.05) is 19.1 Å². The summed E-state index contributed by atoms with van der Waals surface area (Å²) < 4.78 is 10.6. The van der Waals surface area contributed by atoms with Crippen molar-refractivity contribution in [3.05, 3.63) is 58.6 Å². The number of halogens is 1. The van der Waals surface area contributed by atoms with Crippen LogP contribution in [0.4, 0.5) is 0 Å². The highest BCUT2D eigenvalue weighted by Crippen LogP contribution is 2.29. The molecule has 0 aliphatic heterocycles. The molecule has 0 bridgehead atoms. The lowest BCUT2D eigenvalue weighted by Crippen LogP contribution is -2.10. The largest absolute Gasteiger partial charge is 0.493 e. The van der Waals surface area contributed by atoms with Crippen molar-refractivity contribution in [1.82, 2.24) is 0 Å². The highest BCUT2D eigenvalue weighted by atomic mass is 35.5. The fourth-order valence-corrected chi connectivity index (χ4v) is 2.01. The fourth-order valence-electron chi connectivity index (χ4n) is 1.80. The van der Waals surface area contributed by atoms with Crippen LogP contribution in [-0.2, 0) is 6.42 Å². The number of benzene rings is 2. The standard InChI is InChI=1S/C16H15ClO3/c1-3-11-8-9-14(15(10-11)19-2)20-16(18)12-6-4-5-7-13(12)17/h4-10H,3H2,1-2H3. The average molecular weight is 291 g/mol. The third-order valence-electron chi connectivity index (χ3n) is 2.93. The van der Waals surface area contributed by atoms with Crippen molar-refractivity contribution in [3.8, 4) is 11.5 Å². The van der Waals surface area contributed by atoms with Gasteiger partial charge in [0, 0.05) is 0 Å². The Morgan fingerprint density at radius 2 is 1.90 bits per heavy atom. The van der Waals surface area contributed by atoms with E-state index in [0.29, 0.717) is 22.1 Å². The van der Waals surface area contributed by atoms with Gasteiger partial charge in [-0.25, -0.2) is 4.79 Å². The van der Waals surface area contributed by atoms with Crippen molar-refractivity contribution >= 4 is 17.6 Å². The van der Waals surface area contributed by atoms with Crippen molar-refractivity contribution in [2.45, 2.75) is 13.3 Å². The second-order valence-electron chi connectivity index (χ2n) is 4.21. The number of esters is 1. The van der Waals surface area contributed by atoms with Crippen molar-refractivity contribution in [2.24, 2.45) is 0 Å². The lowest BCUT2D eigenvalue weighted by atomic mass is 10.1. The topological polar surface area (TPSA) is 35.5 Å². The molecule has 0 saturated heterocycles. The Hall–Kier alpha value is -2.00. The molecule has 0 radical (unpaired) electrons. The molecule has 0 atom stereocenters. The van der Waals surface area contributed by atoms with Gasteiger partial charge < -0.3 is 9.47 Å². The van der Waals surface area contributed by atoms with E-state index >= 15 is 0 Å². The van der Waals surface area contributed by atoms with Crippen LogP contribution in [0.3, 0.4) is 0 Å². The van der Waals surface area contributed by atoms with E-state index in [4.69, 9.17) is 21.1 Å². The van der Waals surface area contributed by atoms with Gasteiger partial charge in [0.05, 0.1) is 17.7 Å². The van der Waals surface area contributed by atoms with Crippen molar-refractivity contribution in [1.29, 1.82) is 0 Å². The number of rotatable bonds is 4. The van der Waals surface area contributed by atoms with Gasteiger partial charge in [-0.15, -0.1) is 0 Å². The first-order chi connectivity index (χ1) is 9.65. The van der Waals surface area contributed by atoms with Crippen LogP contribution in [0.25, 0.3) is 0 Å². The molecule has 0 heterocycles. The zero-order valence-electron chi connectivity index (χ0n) is 11.4. The van der Waals surface area contributed by atoms with Crippen LogP contribution in [0, 0.1) is 0 Å². The average Bonchev–Trinajstić information content (AvgIpc) is 2.48. The minimum absolute atomic E-state index is 0.329. The maximum atomic E-state index is 12.1. The zero-order valence-corrected chi connectivity index (χ0v) is 12.1. The molecule has 4 heteroatoms. The SMILES string of the molecule is CCc1ccc(OC(=O)c2ccccc2Cl)c(OC)c1. The monoisotopic (exact) mass is 290 g/mol. The molecule has 20 heavy (non-hydrogen) atoms. The highest BCUT2D eigenvalue weighted by Gasteiger charge is 2.15. The summed E-state index contributed by atoms with van der Waals surface area (Å²) in [5.74, 6) is 0.414. The van der Waals surface area contributed by atoms with Crippen LogP contribution < -0.4 is 9.47 Å². The summed E-state index contributed by atoms with van der Waals surface area (Å²) in [6.45, 7) is 2.05. The second kappa shape index (κ2) is 6.44. The van der Waals surface area contributed by atoms with Crippen molar-refractivity contribution in [2.75, 3.05) is 7.11 Å². The third kappa shape index (κ3) is 3.11. The first-order valence-corrected chi connectivity index (χ1v) is 6.67. The maximum absolute atomic E-state index is 12.1. The van der Waals surface area contributed by atoms with Crippen LogP contribution in [0.1, 0.15) is 22.8 Å². The van der Waals surface area contributed by atoms with E-state index in [-0.39, 0.29) is 0 Å². The molecule has 0 unspecified atom stereocenters. The molecule has 104 valence electrons. The Kier molecular flexibility index (Phi) is 4.64. The Labute approximate surface area is 123 Å². The quantitative estimate of drug-likeness (QED) is 0.627. The van der Waals surface area contributed by atoms with E-state index in [0.717, 1.165) is 12.0 Å². The molecule has 0 spiro atoms. The highest BCUT2D eigenvalue weighted by molar-refractivity contribution is 6.33. The predicted molar refractivity (Wildman–Crippen MR) is 78.8 cm³/mol. The molecule has 0 N–H and O–H groups in total. The molecular formula is C16H15ClO3. The van der Waals surface area contributed by atoms with Crippen LogP contribution in [0.2, 0.25) is 5.02 Å². The number of carbonyl (C=O) groups excluding carboxylic acids is 1. The van der Waals surface area contributed by atoms with Crippen LogP contribution in [0.5, 0.6) is 11.5 Å². The van der Waals surface area contributed by atoms with Gasteiger partial charge in [-0.05, 0) is 36.2 Å². The van der Waals surface area contributed by atoms with Crippen LogP contribution in [-0.4, -0.2) is 13.1 Å². The fraction of sp³-hybridized carbons (Fsp3) is 0.188. The molecule has 2 aromatic carbocycles. The summed E-state index contributed by atoms with van der Waals surface area (Å²) in [6, 6.07) is 12.3. The van der Waals surface area contributed by atoms with Gasteiger partial charge in [-0.3, -0.25) is 0 Å². The predicted octanol–water partition coefficient (Wildman–Crippen LogP) is 4.13. The molecule has 0 saturated carbocycles. The van der Waals surface area contributed by atoms with Gasteiger partial charge >= 0.3 is 5.97 Å². The molecule has 2 aromatic rings. The lowest BCUT2D eigenvalue weighted by molar-refractivity contribution is 0.0730. The summed E-state index contributed by atoms with van der Waals surface area (Å²) in [7, 11) is 1.54. The Morgan fingerprint density at radius 3 is 2.55 bits per heavy atom. The van der Waals surface area contributed by atoms with Gasteiger partial charge in [0.2, 0.25) is 0 Å². The first-order valence-electron chi connectivity index (χ1n) is 6.29. The maximum Gasteiger partial charge on any atom is 0.345 e. The summed E-state index contributed by atoms with van der Waals surface area (Å²) in [5.41, 5.74) is 1.44. The first kappa shape index (κ1) is 14.4. The summed E-state index contributed by atoms with van der Waals surface area (Å²) in [5, 5.41) is 0.363. The molecule has 0 fully saturated rings. The van der Waals surface area contributed by atoms with Gasteiger partial charge in [-0.2, -0.15) is 0 Å². The smallest absolute Gasteiger partial charge is 0.345 e. The molecular weight excluding hydrogens is 276 g/mol. The number of aryl methyl sites for hydroxylation is 1. The minimum atomic E-state index is -0.502. The van der Waals surface area contributed by atoms with E-state index in [9.17, 15) is 4.79 Å². The molecule has 3 nitrogen and oxygen atoms in total. The van der Waals surface area contributed by atoms with Crippen molar-refractivity contribution < 1.29 is 14.3 Å². The number of carbonyl (C=O) groups is 1. The van der Waals surface area contributed by atoms with E-state index < -0.39 is 5.97 Å². The molecule has 0 aromatic heterocycles. The van der Waals surface area contributed by atoms with E-state index in [1.54, 1.807) is 37.4 Å². The number of ether oxygens (including phenoxy) is 2. The second-order valence-corrected chi connectivity index (χ2v) is 4.62. The zero-order chi connectivity index (χ0) is 14.5. The Balaban J connectivity index is 2.26.